The molecule has 0 N–H and O–H groups in total. The molecular weight excluding hydrogens is 489 g/mol. The number of fused-ring (bicyclic) bond motifs is 1. The van der Waals surface area contributed by atoms with Gasteiger partial charge in [-0.15, -0.1) is 12.4 Å². The summed E-state index contributed by atoms with van der Waals surface area (Å²) < 4.78 is 26.6. The standard InChI is InChI=1S/C26H24FN3O3S.ClH/c27-21-10-6-12-23-24(21)28-26(34-23)30(14-13-29-15-17-32-18-16-29)25(31)20-9-4-5-11-22(20)33-19-7-2-1-3-8-19;/h1-12H,13-18H2;1H. The van der Waals surface area contributed by atoms with Crippen LogP contribution in [0.5, 0.6) is 11.5 Å². The van der Waals surface area contributed by atoms with Crippen molar-refractivity contribution in [3.05, 3.63) is 84.2 Å². The van der Waals surface area contributed by atoms with Gasteiger partial charge in [0.1, 0.15) is 22.8 Å². The van der Waals surface area contributed by atoms with Crippen LogP contribution in [0.15, 0.2) is 72.8 Å². The number of anilines is 1. The lowest BCUT2D eigenvalue weighted by atomic mass is 10.1. The van der Waals surface area contributed by atoms with E-state index in [9.17, 15) is 9.18 Å². The van der Waals surface area contributed by atoms with Crippen molar-refractivity contribution in [2.75, 3.05) is 44.3 Å². The van der Waals surface area contributed by atoms with Gasteiger partial charge in [-0.3, -0.25) is 14.6 Å². The van der Waals surface area contributed by atoms with E-state index in [4.69, 9.17) is 9.47 Å². The second-order valence-corrected chi connectivity index (χ2v) is 8.91. The third kappa shape index (κ3) is 5.79. The number of hydrogen-bond donors (Lipinski definition) is 0. The summed E-state index contributed by atoms with van der Waals surface area (Å²) in [6, 6.07) is 21.4. The van der Waals surface area contributed by atoms with Gasteiger partial charge in [-0.2, -0.15) is 0 Å². The molecule has 1 aliphatic heterocycles. The van der Waals surface area contributed by atoms with Crippen LogP contribution in [-0.4, -0.2) is 55.2 Å². The zero-order chi connectivity index (χ0) is 23.3. The molecule has 9 heteroatoms. The van der Waals surface area contributed by atoms with Gasteiger partial charge in [-0.05, 0) is 36.4 Å². The smallest absolute Gasteiger partial charge is 0.263 e. The van der Waals surface area contributed by atoms with Gasteiger partial charge >= 0.3 is 0 Å². The number of nitrogens with zero attached hydrogens (tertiary/aromatic N) is 3. The maximum atomic E-state index is 14.4. The molecule has 4 aromatic rings. The van der Waals surface area contributed by atoms with Crippen LogP contribution in [0, 0.1) is 5.82 Å². The zero-order valence-corrected chi connectivity index (χ0v) is 20.6. The minimum atomic E-state index is -0.395. The Balaban J connectivity index is 0.00000289. The number of halogens is 2. The van der Waals surface area contributed by atoms with Crippen LogP contribution >= 0.6 is 23.7 Å². The molecule has 0 bridgehead atoms. The Morgan fingerprint density at radius 1 is 1.03 bits per heavy atom. The van der Waals surface area contributed by atoms with Crippen molar-refractivity contribution >= 4 is 45.0 Å². The molecule has 0 radical (unpaired) electrons. The normalized spacial score (nSPS) is 13.9. The second kappa shape index (κ2) is 11.6. The molecule has 0 atom stereocenters. The lowest BCUT2D eigenvalue weighted by Gasteiger charge is -2.29. The van der Waals surface area contributed by atoms with Gasteiger partial charge in [0, 0.05) is 26.2 Å². The van der Waals surface area contributed by atoms with E-state index < -0.39 is 5.82 Å². The maximum Gasteiger partial charge on any atom is 0.263 e. The number of aromatic nitrogens is 1. The van der Waals surface area contributed by atoms with Crippen LogP contribution < -0.4 is 9.64 Å². The van der Waals surface area contributed by atoms with Gasteiger partial charge < -0.3 is 9.47 Å². The van der Waals surface area contributed by atoms with Crippen LogP contribution in [0.4, 0.5) is 9.52 Å². The number of morpholine rings is 1. The van der Waals surface area contributed by atoms with E-state index in [0.29, 0.717) is 53.2 Å². The van der Waals surface area contributed by atoms with E-state index in [1.54, 1.807) is 23.1 Å². The lowest BCUT2D eigenvalue weighted by Crippen LogP contribution is -2.43. The fourth-order valence-electron chi connectivity index (χ4n) is 3.86. The van der Waals surface area contributed by atoms with Crippen LogP contribution in [0.1, 0.15) is 10.4 Å². The van der Waals surface area contributed by atoms with E-state index in [2.05, 4.69) is 9.88 Å². The molecule has 5 rings (SSSR count). The molecule has 0 spiro atoms. The van der Waals surface area contributed by atoms with E-state index in [-0.39, 0.29) is 23.8 Å². The highest BCUT2D eigenvalue weighted by Crippen LogP contribution is 2.33. The van der Waals surface area contributed by atoms with Crippen LogP contribution in [0.25, 0.3) is 10.2 Å². The first-order chi connectivity index (χ1) is 16.7. The molecule has 2 heterocycles. The number of carbonyl (C=O) groups excluding carboxylic acids is 1. The number of para-hydroxylation sites is 3. The maximum absolute atomic E-state index is 14.4. The fourth-order valence-corrected chi connectivity index (χ4v) is 4.87. The van der Waals surface area contributed by atoms with E-state index in [0.717, 1.165) is 13.1 Å². The summed E-state index contributed by atoms with van der Waals surface area (Å²) in [5.74, 6) is 0.472. The van der Waals surface area contributed by atoms with Gasteiger partial charge in [0.25, 0.3) is 5.91 Å². The molecule has 3 aromatic carbocycles. The Hall–Kier alpha value is -3.04. The number of benzene rings is 3. The molecule has 6 nitrogen and oxygen atoms in total. The van der Waals surface area contributed by atoms with Crippen molar-refractivity contribution in [3.63, 3.8) is 0 Å². The van der Waals surface area contributed by atoms with Crippen LogP contribution in [0.3, 0.4) is 0 Å². The Labute approximate surface area is 213 Å². The summed E-state index contributed by atoms with van der Waals surface area (Å²) in [4.78, 5) is 22.3. The predicted octanol–water partition coefficient (Wildman–Crippen LogP) is 5.63. The number of carbonyl (C=O) groups is 1. The monoisotopic (exact) mass is 513 g/mol. The van der Waals surface area contributed by atoms with Gasteiger partial charge in [-0.1, -0.05) is 47.7 Å². The van der Waals surface area contributed by atoms with Crippen molar-refractivity contribution in [2.24, 2.45) is 0 Å². The first-order valence-corrected chi connectivity index (χ1v) is 12.0. The summed E-state index contributed by atoms with van der Waals surface area (Å²) in [5, 5.41) is 0.466. The number of ether oxygens (including phenoxy) is 2. The Morgan fingerprint density at radius 3 is 2.54 bits per heavy atom. The van der Waals surface area contributed by atoms with Crippen molar-refractivity contribution < 1.29 is 18.7 Å². The average Bonchev–Trinajstić information content (AvgIpc) is 3.31. The Morgan fingerprint density at radius 2 is 1.77 bits per heavy atom. The summed E-state index contributed by atoms with van der Waals surface area (Å²) in [5.41, 5.74) is 0.702. The average molecular weight is 514 g/mol. The second-order valence-electron chi connectivity index (χ2n) is 7.91. The molecule has 0 saturated carbocycles. The molecule has 182 valence electrons. The molecule has 0 unspecified atom stereocenters. The highest BCUT2D eigenvalue weighted by atomic mass is 35.5. The SMILES string of the molecule is Cl.O=C(c1ccccc1Oc1ccccc1)N(CCN1CCOCC1)c1nc2c(F)cccc2s1. The Bertz CT molecular complexity index is 1280. The van der Waals surface area contributed by atoms with Gasteiger partial charge in [0.05, 0.1) is 23.5 Å². The molecule has 1 amide bonds. The van der Waals surface area contributed by atoms with Crippen molar-refractivity contribution in [2.45, 2.75) is 0 Å². The largest absolute Gasteiger partial charge is 0.457 e. The zero-order valence-electron chi connectivity index (χ0n) is 18.9. The van der Waals surface area contributed by atoms with E-state index in [1.807, 2.05) is 48.5 Å². The highest BCUT2D eigenvalue weighted by molar-refractivity contribution is 7.22. The minimum Gasteiger partial charge on any atom is -0.457 e. The van der Waals surface area contributed by atoms with Gasteiger partial charge in [-0.25, -0.2) is 9.37 Å². The molecule has 1 fully saturated rings. The van der Waals surface area contributed by atoms with Crippen LogP contribution in [0.2, 0.25) is 0 Å². The minimum absolute atomic E-state index is 0. The molecule has 1 aromatic heterocycles. The van der Waals surface area contributed by atoms with Crippen molar-refractivity contribution in [1.29, 1.82) is 0 Å². The number of thiazole rings is 1. The summed E-state index contributed by atoms with van der Waals surface area (Å²) >= 11 is 1.31. The topological polar surface area (TPSA) is 54.9 Å². The number of rotatable bonds is 7. The van der Waals surface area contributed by atoms with Gasteiger partial charge in [0.2, 0.25) is 0 Å². The van der Waals surface area contributed by atoms with Crippen molar-refractivity contribution in [1.82, 2.24) is 9.88 Å². The predicted molar refractivity (Wildman–Crippen MR) is 139 cm³/mol. The summed E-state index contributed by atoms with van der Waals surface area (Å²) in [7, 11) is 0. The number of hydrogen-bond acceptors (Lipinski definition) is 6. The lowest BCUT2D eigenvalue weighted by molar-refractivity contribution is 0.0391. The van der Waals surface area contributed by atoms with Crippen LogP contribution in [-0.2, 0) is 4.74 Å². The first kappa shape index (κ1) is 25.1. The summed E-state index contributed by atoms with van der Waals surface area (Å²) in [6.45, 7) is 4.05. The third-order valence-electron chi connectivity index (χ3n) is 5.67. The Kier molecular flexibility index (Phi) is 8.30. The third-order valence-corrected chi connectivity index (χ3v) is 6.71. The number of amides is 1. The fraction of sp³-hybridized carbons (Fsp3) is 0.231. The summed E-state index contributed by atoms with van der Waals surface area (Å²) in [6.07, 6.45) is 0. The molecular formula is C26H25ClFN3O3S. The molecule has 1 saturated heterocycles. The van der Waals surface area contributed by atoms with E-state index in [1.165, 1.54) is 17.4 Å². The first-order valence-electron chi connectivity index (χ1n) is 11.2. The highest BCUT2D eigenvalue weighted by Gasteiger charge is 2.26. The van der Waals surface area contributed by atoms with E-state index >= 15 is 0 Å². The van der Waals surface area contributed by atoms with Gasteiger partial charge in [0.15, 0.2) is 5.13 Å². The molecule has 35 heavy (non-hydrogen) atoms. The molecule has 1 aliphatic rings. The molecule has 0 aliphatic carbocycles. The quantitative estimate of drug-likeness (QED) is 0.320. The van der Waals surface area contributed by atoms with Crippen molar-refractivity contribution in [3.8, 4) is 11.5 Å².